The third-order valence-corrected chi connectivity index (χ3v) is 4.55. The van der Waals surface area contributed by atoms with E-state index in [4.69, 9.17) is 16.3 Å². The normalized spacial score (nSPS) is 12.6. The average molecular weight is 355 g/mol. The first-order valence-electron chi connectivity index (χ1n) is 7.28. The molecule has 0 N–H and O–H groups in total. The smallest absolute Gasteiger partial charge is 0.318 e. The summed E-state index contributed by atoms with van der Waals surface area (Å²) < 4.78 is 6.36. The van der Waals surface area contributed by atoms with Crippen molar-refractivity contribution >= 4 is 40.2 Å². The third-order valence-electron chi connectivity index (χ3n) is 3.25. The van der Waals surface area contributed by atoms with Crippen molar-refractivity contribution in [2.45, 2.75) is 37.7 Å². The molecule has 0 unspecified atom stereocenters. The molecule has 1 aromatic heterocycles. The number of rotatable bonds is 5. The van der Waals surface area contributed by atoms with Gasteiger partial charge in [0.15, 0.2) is 5.16 Å². The van der Waals surface area contributed by atoms with E-state index in [1.54, 1.807) is 29.7 Å². The molecule has 1 aromatic carbocycles. The van der Waals surface area contributed by atoms with Crippen molar-refractivity contribution in [3.8, 4) is 0 Å². The van der Waals surface area contributed by atoms with Gasteiger partial charge in [-0.3, -0.25) is 14.2 Å². The maximum atomic E-state index is 12.8. The van der Waals surface area contributed by atoms with E-state index >= 15 is 0 Å². The van der Waals surface area contributed by atoms with Gasteiger partial charge in [-0.15, -0.1) is 0 Å². The topological polar surface area (TPSA) is 61.2 Å². The minimum atomic E-state index is -0.457. The number of aromatic nitrogens is 2. The number of carbonyl (C=O) groups excluding carboxylic acids is 1. The fraction of sp³-hybridized carbons (Fsp3) is 0.438. The molecule has 0 aliphatic heterocycles. The average Bonchev–Trinajstić information content (AvgIpc) is 2.49. The second-order valence-corrected chi connectivity index (χ2v) is 7.39. The van der Waals surface area contributed by atoms with E-state index in [9.17, 15) is 9.59 Å². The molecule has 0 aliphatic rings. The number of nitrogens with zero attached hydrogens (tertiary/aromatic N) is 2. The molecule has 0 fully saturated rings. The molecule has 7 heteroatoms. The van der Waals surface area contributed by atoms with E-state index in [2.05, 4.69) is 4.98 Å². The molecule has 1 heterocycles. The van der Waals surface area contributed by atoms with Crippen molar-refractivity contribution < 1.29 is 9.53 Å². The second kappa shape index (κ2) is 7.36. The number of hydrogen-bond acceptors (Lipinski definition) is 5. The lowest BCUT2D eigenvalue weighted by Gasteiger charge is -2.16. The quantitative estimate of drug-likeness (QED) is 0.468. The molecule has 0 saturated carbocycles. The van der Waals surface area contributed by atoms with Crippen molar-refractivity contribution in [1.29, 1.82) is 0 Å². The van der Waals surface area contributed by atoms with E-state index in [0.29, 0.717) is 27.6 Å². The molecule has 0 saturated heterocycles. The zero-order chi connectivity index (χ0) is 17.1. The first-order valence-corrected chi connectivity index (χ1v) is 8.53. The van der Waals surface area contributed by atoms with Gasteiger partial charge in [0.25, 0.3) is 5.56 Å². The van der Waals surface area contributed by atoms with Crippen LogP contribution in [-0.2, 0) is 16.1 Å². The van der Waals surface area contributed by atoms with Crippen molar-refractivity contribution in [3.63, 3.8) is 0 Å². The number of thioether (sulfide) groups is 1. The summed E-state index contributed by atoms with van der Waals surface area (Å²) in [4.78, 5) is 29.0. The van der Waals surface area contributed by atoms with Gasteiger partial charge in [-0.05, 0) is 31.0 Å². The second-order valence-electron chi connectivity index (χ2n) is 5.65. The number of fused-ring (bicyclic) bond motifs is 1. The molecule has 0 spiro atoms. The summed E-state index contributed by atoms with van der Waals surface area (Å²) in [5, 5.41) is 1.08. The molecule has 23 heavy (non-hydrogen) atoms. The standard InChI is InChI=1S/C16H19ClN2O3S/c1-9(2)8-19-14(20)12-6-5-11(17)7-13(12)18-16(19)23-10(3)15(21)22-4/h5-7,9-10H,8H2,1-4H3/t10-/m1/s1. The lowest BCUT2D eigenvalue weighted by molar-refractivity contribution is -0.139. The van der Waals surface area contributed by atoms with Gasteiger partial charge in [-0.25, -0.2) is 4.98 Å². The summed E-state index contributed by atoms with van der Waals surface area (Å²) in [5.41, 5.74) is 0.405. The van der Waals surface area contributed by atoms with Gasteiger partial charge in [0.2, 0.25) is 0 Å². The number of ether oxygens (including phenoxy) is 1. The first-order chi connectivity index (χ1) is 10.8. The lowest BCUT2D eigenvalue weighted by Crippen LogP contribution is -2.27. The molecule has 0 radical (unpaired) electrons. The Morgan fingerprint density at radius 3 is 2.70 bits per heavy atom. The van der Waals surface area contributed by atoms with Gasteiger partial charge in [0, 0.05) is 11.6 Å². The Kier molecular flexibility index (Phi) is 5.70. The fourth-order valence-corrected chi connectivity index (χ4v) is 3.27. The maximum absolute atomic E-state index is 12.8. The van der Waals surface area contributed by atoms with Crippen LogP contribution in [0.15, 0.2) is 28.2 Å². The lowest BCUT2D eigenvalue weighted by atomic mass is 10.2. The van der Waals surface area contributed by atoms with Crippen molar-refractivity contribution in [3.05, 3.63) is 33.6 Å². The molecule has 0 aliphatic carbocycles. The summed E-state index contributed by atoms with van der Waals surface area (Å²) in [6.45, 7) is 6.30. The minimum Gasteiger partial charge on any atom is -0.468 e. The van der Waals surface area contributed by atoms with Gasteiger partial charge in [-0.1, -0.05) is 37.2 Å². The third kappa shape index (κ3) is 4.06. The number of hydrogen-bond donors (Lipinski definition) is 0. The van der Waals surface area contributed by atoms with Crippen LogP contribution in [0.5, 0.6) is 0 Å². The number of benzene rings is 1. The highest BCUT2D eigenvalue weighted by atomic mass is 35.5. The summed E-state index contributed by atoms with van der Waals surface area (Å²) in [6.07, 6.45) is 0. The van der Waals surface area contributed by atoms with Crippen LogP contribution in [0.4, 0.5) is 0 Å². The van der Waals surface area contributed by atoms with Crippen LogP contribution in [0.2, 0.25) is 5.02 Å². The zero-order valence-corrected chi connectivity index (χ0v) is 15.1. The van der Waals surface area contributed by atoms with Crippen LogP contribution in [-0.4, -0.2) is 27.9 Å². The minimum absolute atomic E-state index is 0.125. The van der Waals surface area contributed by atoms with Crippen molar-refractivity contribution in [1.82, 2.24) is 9.55 Å². The van der Waals surface area contributed by atoms with E-state index in [1.807, 2.05) is 13.8 Å². The molecular weight excluding hydrogens is 336 g/mol. The summed E-state index contributed by atoms with van der Waals surface area (Å²) in [5.74, 6) is -0.0847. The summed E-state index contributed by atoms with van der Waals surface area (Å²) >= 11 is 7.21. The highest BCUT2D eigenvalue weighted by Gasteiger charge is 2.20. The maximum Gasteiger partial charge on any atom is 0.318 e. The van der Waals surface area contributed by atoms with Crippen LogP contribution in [0.3, 0.4) is 0 Å². The van der Waals surface area contributed by atoms with Crippen molar-refractivity contribution in [2.75, 3.05) is 7.11 Å². The highest BCUT2D eigenvalue weighted by molar-refractivity contribution is 8.00. The largest absolute Gasteiger partial charge is 0.468 e. The number of methoxy groups -OCH3 is 1. The Balaban J connectivity index is 2.59. The van der Waals surface area contributed by atoms with Crippen LogP contribution in [0.1, 0.15) is 20.8 Å². The van der Waals surface area contributed by atoms with Crippen LogP contribution >= 0.6 is 23.4 Å². The molecule has 124 valence electrons. The molecule has 0 bridgehead atoms. The predicted octanol–water partition coefficient (Wildman–Crippen LogP) is 3.36. The Labute approximate surface area is 144 Å². The Hall–Kier alpha value is -1.53. The van der Waals surface area contributed by atoms with E-state index in [1.165, 1.54) is 18.9 Å². The van der Waals surface area contributed by atoms with Gasteiger partial charge >= 0.3 is 5.97 Å². The van der Waals surface area contributed by atoms with Crippen LogP contribution < -0.4 is 5.56 Å². The highest BCUT2D eigenvalue weighted by Crippen LogP contribution is 2.25. The Morgan fingerprint density at radius 1 is 1.39 bits per heavy atom. The summed E-state index contributed by atoms with van der Waals surface area (Å²) in [7, 11) is 1.34. The Bertz CT molecular complexity index is 789. The van der Waals surface area contributed by atoms with Gasteiger partial charge in [-0.2, -0.15) is 0 Å². The summed E-state index contributed by atoms with van der Waals surface area (Å²) in [6, 6.07) is 5.02. The van der Waals surface area contributed by atoms with Gasteiger partial charge in [0.05, 0.1) is 18.0 Å². The molecule has 2 rings (SSSR count). The predicted molar refractivity (Wildman–Crippen MR) is 93.2 cm³/mol. The Morgan fingerprint density at radius 2 is 2.09 bits per heavy atom. The molecule has 1 atom stereocenters. The van der Waals surface area contributed by atoms with Crippen molar-refractivity contribution in [2.24, 2.45) is 5.92 Å². The molecule has 0 amide bonds. The molecule has 2 aromatic rings. The number of esters is 1. The van der Waals surface area contributed by atoms with E-state index in [-0.39, 0.29) is 17.4 Å². The monoisotopic (exact) mass is 354 g/mol. The fourth-order valence-electron chi connectivity index (χ4n) is 2.16. The van der Waals surface area contributed by atoms with Crippen LogP contribution in [0, 0.1) is 5.92 Å². The zero-order valence-electron chi connectivity index (χ0n) is 13.5. The first kappa shape index (κ1) is 17.8. The number of halogens is 1. The van der Waals surface area contributed by atoms with Gasteiger partial charge in [0.1, 0.15) is 5.25 Å². The SMILES string of the molecule is COC(=O)[C@@H](C)Sc1nc2cc(Cl)ccc2c(=O)n1CC(C)C. The molecule has 5 nitrogen and oxygen atoms in total. The van der Waals surface area contributed by atoms with Crippen LogP contribution in [0.25, 0.3) is 10.9 Å². The number of carbonyl (C=O) groups is 1. The van der Waals surface area contributed by atoms with E-state index in [0.717, 1.165) is 0 Å². The van der Waals surface area contributed by atoms with E-state index < -0.39 is 5.25 Å². The van der Waals surface area contributed by atoms with Gasteiger partial charge < -0.3 is 4.74 Å². The molecular formula is C16H19ClN2O3S.